The van der Waals surface area contributed by atoms with E-state index in [1.807, 2.05) is 4.57 Å². The van der Waals surface area contributed by atoms with Crippen molar-refractivity contribution in [1.82, 2.24) is 20.1 Å². The van der Waals surface area contributed by atoms with Crippen molar-refractivity contribution in [3.05, 3.63) is 46.5 Å². The summed E-state index contributed by atoms with van der Waals surface area (Å²) in [6.07, 6.45) is 5.96. The maximum atomic E-state index is 12.1. The average Bonchev–Trinajstić information content (AvgIpc) is 3.35. The third-order valence-corrected chi connectivity index (χ3v) is 6.98. The van der Waals surface area contributed by atoms with Gasteiger partial charge in [0, 0.05) is 18.7 Å². The molecule has 10 heteroatoms. The molecule has 0 spiro atoms. The van der Waals surface area contributed by atoms with Crippen LogP contribution in [-0.4, -0.2) is 41.4 Å². The third-order valence-electron chi connectivity index (χ3n) is 4.82. The number of hydrogen-bond donors (Lipinski definition) is 2. The Bertz CT molecular complexity index is 1070. The van der Waals surface area contributed by atoms with Crippen LogP contribution in [0.2, 0.25) is 0 Å². The Balaban J connectivity index is 1.35. The van der Waals surface area contributed by atoms with Crippen molar-refractivity contribution in [3.8, 4) is 0 Å². The van der Waals surface area contributed by atoms with Crippen molar-refractivity contribution in [3.63, 3.8) is 0 Å². The van der Waals surface area contributed by atoms with E-state index in [0.717, 1.165) is 24.2 Å². The molecule has 2 N–H and O–H groups in total. The molecule has 0 atom stereocenters. The predicted octanol–water partition coefficient (Wildman–Crippen LogP) is 2.15. The molecule has 1 aliphatic heterocycles. The van der Waals surface area contributed by atoms with Crippen molar-refractivity contribution in [2.45, 2.75) is 31.8 Å². The Kier molecular flexibility index (Phi) is 5.07. The molecule has 1 saturated heterocycles. The fraction of sp³-hybridized carbons (Fsp3) is 0.389. The number of anilines is 1. The van der Waals surface area contributed by atoms with E-state index in [4.69, 9.17) is 12.2 Å². The number of amides is 1. The minimum absolute atomic E-state index is 0.193. The third kappa shape index (κ3) is 4.02. The lowest BCUT2D eigenvalue weighted by Gasteiger charge is -2.16. The van der Waals surface area contributed by atoms with E-state index in [0.29, 0.717) is 36.0 Å². The Morgan fingerprint density at radius 3 is 2.71 bits per heavy atom. The number of carbonyl (C=O) groups excluding carboxylic acids is 1. The zero-order valence-corrected chi connectivity index (χ0v) is 16.8. The van der Waals surface area contributed by atoms with Gasteiger partial charge in [-0.3, -0.25) is 18.8 Å². The first-order chi connectivity index (χ1) is 13.4. The Hall–Kier alpha value is -2.46. The molecule has 0 bridgehead atoms. The van der Waals surface area contributed by atoms with Crippen LogP contribution in [0.3, 0.4) is 0 Å². The molecule has 28 heavy (non-hydrogen) atoms. The lowest BCUT2D eigenvalue weighted by molar-refractivity contribution is -0.116. The van der Waals surface area contributed by atoms with Crippen LogP contribution in [0.5, 0.6) is 0 Å². The standard InChI is InChI=1S/C18H21N5O3S2/c24-17(19-12-16-20-21-18(27)23(16)15-7-8-15)9-4-13-2-5-14(6-3-13)22-10-1-11-28(22,25)26/h2-6,9,15H,1,7-8,10-12H2,(H,19,24)(H,21,27)/b9-4+. The van der Waals surface area contributed by atoms with Crippen molar-refractivity contribution < 1.29 is 13.2 Å². The molecule has 148 valence electrons. The Morgan fingerprint density at radius 2 is 2.07 bits per heavy atom. The van der Waals surface area contributed by atoms with Gasteiger partial charge >= 0.3 is 0 Å². The molecule has 8 nitrogen and oxygen atoms in total. The van der Waals surface area contributed by atoms with E-state index in [-0.39, 0.29) is 11.7 Å². The molecule has 1 aliphatic carbocycles. The van der Waals surface area contributed by atoms with Gasteiger partial charge in [-0.05, 0) is 55.3 Å². The summed E-state index contributed by atoms with van der Waals surface area (Å²) in [5.41, 5.74) is 1.47. The molecule has 2 aromatic rings. The molecular weight excluding hydrogens is 398 g/mol. The Morgan fingerprint density at radius 1 is 1.32 bits per heavy atom. The quantitative estimate of drug-likeness (QED) is 0.552. The van der Waals surface area contributed by atoms with Gasteiger partial charge in [0.15, 0.2) is 10.6 Å². The first kappa shape index (κ1) is 18.9. The van der Waals surface area contributed by atoms with Crippen LogP contribution in [0.15, 0.2) is 30.3 Å². The van der Waals surface area contributed by atoms with Crippen LogP contribution >= 0.6 is 12.2 Å². The molecular formula is C18H21N5O3S2. The summed E-state index contributed by atoms with van der Waals surface area (Å²) in [4.78, 5) is 12.1. The topological polar surface area (TPSA) is 100 Å². The van der Waals surface area contributed by atoms with Gasteiger partial charge in [-0.1, -0.05) is 12.1 Å². The monoisotopic (exact) mass is 419 g/mol. The van der Waals surface area contributed by atoms with E-state index in [1.165, 1.54) is 10.4 Å². The number of aromatic nitrogens is 3. The molecule has 1 aromatic heterocycles. The van der Waals surface area contributed by atoms with Gasteiger partial charge in [-0.25, -0.2) is 8.42 Å². The number of nitrogens with zero attached hydrogens (tertiary/aromatic N) is 3. The van der Waals surface area contributed by atoms with Crippen LogP contribution < -0.4 is 9.62 Å². The first-order valence-electron chi connectivity index (χ1n) is 9.16. The fourth-order valence-electron chi connectivity index (χ4n) is 3.25. The zero-order valence-electron chi connectivity index (χ0n) is 15.2. The molecule has 0 unspecified atom stereocenters. The molecule has 1 saturated carbocycles. The van der Waals surface area contributed by atoms with Gasteiger partial charge in [0.05, 0.1) is 18.0 Å². The summed E-state index contributed by atoms with van der Waals surface area (Å²) in [5, 5.41) is 9.76. The van der Waals surface area contributed by atoms with Crippen molar-refractivity contribution in [2.75, 3.05) is 16.6 Å². The van der Waals surface area contributed by atoms with Crippen LogP contribution in [0.4, 0.5) is 5.69 Å². The first-order valence-corrected chi connectivity index (χ1v) is 11.2. The van der Waals surface area contributed by atoms with E-state index in [1.54, 1.807) is 30.3 Å². The molecule has 4 rings (SSSR count). The smallest absolute Gasteiger partial charge is 0.244 e. The molecule has 1 amide bonds. The normalized spacial score (nSPS) is 18.6. The lowest BCUT2D eigenvalue weighted by atomic mass is 10.2. The maximum absolute atomic E-state index is 12.1. The second-order valence-corrected chi connectivity index (χ2v) is 9.33. The number of nitrogens with one attached hydrogen (secondary N) is 2. The minimum Gasteiger partial charge on any atom is -0.345 e. The fourth-order valence-corrected chi connectivity index (χ4v) is 5.11. The second-order valence-electron chi connectivity index (χ2n) is 6.93. The summed E-state index contributed by atoms with van der Waals surface area (Å²) < 4.78 is 27.9. The highest BCUT2D eigenvalue weighted by molar-refractivity contribution is 7.93. The van der Waals surface area contributed by atoms with Gasteiger partial charge in [0.25, 0.3) is 0 Å². The minimum atomic E-state index is -3.18. The molecule has 2 heterocycles. The molecule has 1 aromatic carbocycles. The highest BCUT2D eigenvalue weighted by Gasteiger charge is 2.28. The highest BCUT2D eigenvalue weighted by atomic mass is 32.2. The second kappa shape index (κ2) is 7.51. The summed E-state index contributed by atoms with van der Waals surface area (Å²) >= 11 is 5.23. The van der Waals surface area contributed by atoms with Gasteiger partial charge in [0.2, 0.25) is 15.9 Å². The number of aromatic amines is 1. The number of hydrogen-bond acceptors (Lipinski definition) is 5. The number of rotatable bonds is 6. The number of carbonyl (C=O) groups is 1. The van der Waals surface area contributed by atoms with Crippen LogP contribution in [0.1, 0.15) is 36.7 Å². The largest absolute Gasteiger partial charge is 0.345 e. The van der Waals surface area contributed by atoms with Gasteiger partial charge in [-0.15, -0.1) is 0 Å². The lowest BCUT2D eigenvalue weighted by Crippen LogP contribution is -2.24. The molecule has 2 fully saturated rings. The van der Waals surface area contributed by atoms with Crippen molar-refractivity contribution in [2.24, 2.45) is 0 Å². The van der Waals surface area contributed by atoms with Gasteiger partial charge in [-0.2, -0.15) is 5.10 Å². The van der Waals surface area contributed by atoms with Gasteiger partial charge in [0.1, 0.15) is 0 Å². The zero-order chi connectivity index (χ0) is 19.7. The van der Waals surface area contributed by atoms with E-state index < -0.39 is 10.0 Å². The summed E-state index contributed by atoms with van der Waals surface area (Å²) in [6, 6.07) is 7.50. The predicted molar refractivity (Wildman–Crippen MR) is 109 cm³/mol. The average molecular weight is 420 g/mol. The van der Waals surface area contributed by atoms with E-state index >= 15 is 0 Å². The van der Waals surface area contributed by atoms with Crippen molar-refractivity contribution >= 4 is 39.9 Å². The number of benzene rings is 1. The van der Waals surface area contributed by atoms with Crippen LogP contribution in [0.25, 0.3) is 6.08 Å². The summed E-state index contributed by atoms with van der Waals surface area (Å²) in [7, 11) is -3.18. The summed E-state index contributed by atoms with van der Waals surface area (Å²) in [5.74, 6) is 0.686. The molecule has 2 aliphatic rings. The molecule has 0 radical (unpaired) electrons. The number of sulfonamides is 1. The summed E-state index contributed by atoms with van der Waals surface area (Å²) in [6.45, 7) is 0.818. The van der Waals surface area contributed by atoms with Gasteiger partial charge < -0.3 is 5.32 Å². The van der Waals surface area contributed by atoms with Crippen LogP contribution in [0, 0.1) is 4.77 Å². The highest BCUT2D eigenvalue weighted by Crippen LogP contribution is 2.35. The van der Waals surface area contributed by atoms with Crippen LogP contribution in [-0.2, 0) is 21.4 Å². The van der Waals surface area contributed by atoms with E-state index in [2.05, 4.69) is 15.5 Å². The number of H-pyrrole nitrogens is 1. The van der Waals surface area contributed by atoms with Crippen molar-refractivity contribution in [1.29, 1.82) is 0 Å². The Labute approximate surface area is 168 Å². The maximum Gasteiger partial charge on any atom is 0.244 e. The SMILES string of the molecule is O=C(/C=C/c1ccc(N2CCCS2(=O)=O)cc1)NCc1n[nH]c(=S)n1C1CC1. The van der Waals surface area contributed by atoms with E-state index in [9.17, 15) is 13.2 Å².